The highest BCUT2D eigenvalue weighted by atomic mass is 32.2. The zero-order valence-electron chi connectivity index (χ0n) is 19.5. The molecule has 186 valence electrons. The second kappa shape index (κ2) is 9.23. The maximum absolute atomic E-state index is 14.6. The molecule has 1 aromatic carbocycles. The van der Waals surface area contributed by atoms with Crippen LogP contribution >= 0.6 is 0 Å². The number of sulfonamides is 1. The predicted octanol–water partition coefficient (Wildman–Crippen LogP) is 3.71. The van der Waals surface area contributed by atoms with Crippen LogP contribution in [0, 0.1) is 11.6 Å². The molecule has 1 atom stereocenters. The summed E-state index contributed by atoms with van der Waals surface area (Å²) in [7, 11) is -3.24. The molecule has 0 unspecified atom stereocenters. The molecule has 1 N–H and O–H groups in total. The molecule has 2 saturated heterocycles. The fourth-order valence-electron chi connectivity index (χ4n) is 5.27. The van der Waals surface area contributed by atoms with E-state index in [9.17, 15) is 22.0 Å². The second-order valence-corrected chi connectivity index (χ2v) is 11.3. The lowest BCUT2D eigenvalue weighted by Crippen LogP contribution is -2.46. The van der Waals surface area contributed by atoms with Crippen LogP contribution in [0.15, 0.2) is 48.5 Å². The zero-order chi connectivity index (χ0) is 24.7. The molecule has 0 bridgehead atoms. The first-order chi connectivity index (χ1) is 16.7. The smallest absolute Gasteiger partial charge is 0.268 e. The van der Waals surface area contributed by atoms with Crippen molar-refractivity contribution in [3.05, 3.63) is 71.4 Å². The van der Waals surface area contributed by atoms with Gasteiger partial charge in [0.05, 0.1) is 12.3 Å². The summed E-state index contributed by atoms with van der Waals surface area (Å²) in [6.07, 6.45) is 3.78. The Hall–Kier alpha value is -2.98. The van der Waals surface area contributed by atoms with Crippen LogP contribution in [-0.4, -0.2) is 55.0 Å². The van der Waals surface area contributed by atoms with Crippen LogP contribution in [0.2, 0.25) is 0 Å². The quantitative estimate of drug-likeness (QED) is 0.577. The van der Waals surface area contributed by atoms with Crippen molar-refractivity contribution in [3.8, 4) is 0 Å². The Balaban J connectivity index is 1.42. The highest BCUT2D eigenvalue weighted by molar-refractivity contribution is 7.88. The van der Waals surface area contributed by atoms with Crippen LogP contribution in [0.4, 0.5) is 14.6 Å². The van der Waals surface area contributed by atoms with Gasteiger partial charge in [0.1, 0.15) is 23.1 Å². The van der Waals surface area contributed by atoms with Gasteiger partial charge in [-0.15, -0.1) is 0 Å². The van der Waals surface area contributed by atoms with E-state index in [4.69, 9.17) is 0 Å². The molecule has 1 amide bonds. The number of piperidine rings is 1. The molecule has 7 nitrogen and oxygen atoms in total. The Labute approximate surface area is 203 Å². The third kappa shape index (κ3) is 4.64. The van der Waals surface area contributed by atoms with E-state index in [0.29, 0.717) is 50.2 Å². The number of anilines is 1. The number of benzene rings is 1. The van der Waals surface area contributed by atoms with Crippen molar-refractivity contribution >= 4 is 27.3 Å². The van der Waals surface area contributed by atoms with E-state index in [1.807, 2.05) is 33.6 Å². The number of aromatic nitrogens is 1. The summed E-state index contributed by atoms with van der Waals surface area (Å²) < 4.78 is 55.4. The molecule has 2 fully saturated rings. The van der Waals surface area contributed by atoms with Gasteiger partial charge in [0.25, 0.3) is 5.91 Å². The lowest BCUT2D eigenvalue weighted by atomic mass is 10.0. The van der Waals surface area contributed by atoms with Crippen LogP contribution in [0.5, 0.6) is 0 Å². The van der Waals surface area contributed by atoms with Crippen molar-refractivity contribution in [1.29, 1.82) is 0 Å². The number of nitrogens with zero attached hydrogens (tertiary/aromatic N) is 3. The third-order valence-electron chi connectivity index (χ3n) is 7.01. The molecule has 0 saturated carbocycles. The number of nitrogens with one attached hydrogen (secondary N) is 1. The molecule has 2 aromatic heterocycles. The van der Waals surface area contributed by atoms with Crippen LogP contribution in [0.25, 0.3) is 5.52 Å². The Bertz CT molecular complexity index is 1370. The molecule has 4 heterocycles. The lowest BCUT2D eigenvalue weighted by Gasteiger charge is -2.31. The van der Waals surface area contributed by atoms with E-state index in [1.165, 1.54) is 16.6 Å². The minimum absolute atomic E-state index is 0.126. The minimum atomic E-state index is -3.24. The van der Waals surface area contributed by atoms with Gasteiger partial charge < -0.3 is 10.2 Å². The highest BCUT2D eigenvalue weighted by Gasteiger charge is 2.31. The van der Waals surface area contributed by atoms with Gasteiger partial charge in [-0.05, 0) is 68.1 Å². The van der Waals surface area contributed by atoms with E-state index in [-0.39, 0.29) is 18.0 Å². The normalized spacial score (nSPS) is 20.0. The number of carbonyl (C=O) groups excluding carboxylic acids is 1. The van der Waals surface area contributed by atoms with Crippen molar-refractivity contribution in [3.63, 3.8) is 0 Å². The van der Waals surface area contributed by atoms with Crippen molar-refractivity contribution < 1.29 is 22.0 Å². The van der Waals surface area contributed by atoms with Gasteiger partial charge in [0.2, 0.25) is 10.0 Å². The topological polar surface area (TPSA) is 74.1 Å². The van der Waals surface area contributed by atoms with Gasteiger partial charge in [-0.1, -0.05) is 6.07 Å². The number of fused-ring (bicyclic) bond motifs is 1. The molecule has 0 spiro atoms. The summed E-state index contributed by atoms with van der Waals surface area (Å²) >= 11 is 0. The minimum Gasteiger partial charge on any atom is -0.351 e. The molecule has 35 heavy (non-hydrogen) atoms. The van der Waals surface area contributed by atoms with Crippen molar-refractivity contribution in [1.82, 2.24) is 14.0 Å². The second-order valence-electron chi connectivity index (χ2n) is 9.29. The molecular formula is C25H28F2N4O3S. The first-order valence-electron chi connectivity index (χ1n) is 11.8. The Morgan fingerprint density at radius 1 is 1.00 bits per heavy atom. The van der Waals surface area contributed by atoms with Crippen LogP contribution in [0.3, 0.4) is 0 Å². The summed E-state index contributed by atoms with van der Waals surface area (Å²) in [5, 5.41) is 3.05. The zero-order valence-corrected chi connectivity index (χ0v) is 20.3. The van der Waals surface area contributed by atoms with E-state index < -0.39 is 21.7 Å². The van der Waals surface area contributed by atoms with E-state index >= 15 is 0 Å². The Morgan fingerprint density at radius 3 is 2.51 bits per heavy atom. The number of rotatable bonds is 5. The fraction of sp³-hybridized carbons (Fsp3) is 0.400. The first kappa shape index (κ1) is 23.7. The molecule has 2 aliphatic heterocycles. The number of pyridine rings is 1. The third-order valence-corrected chi connectivity index (χ3v) is 8.31. The van der Waals surface area contributed by atoms with E-state index in [2.05, 4.69) is 5.32 Å². The highest BCUT2D eigenvalue weighted by Crippen LogP contribution is 2.38. The maximum Gasteiger partial charge on any atom is 0.268 e. The monoisotopic (exact) mass is 502 g/mol. The summed E-state index contributed by atoms with van der Waals surface area (Å²) in [6, 6.07) is 12.4. The van der Waals surface area contributed by atoms with Crippen LogP contribution in [-0.2, 0) is 10.0 Å². The number of hydrogen-bond donors (Lipinski definition) is 1. The first-order valence-corrected chi connectivity index (χ1v) is 13.7. The molecule has 0 radical (unpaired) electrons. The lowest BCUT2D eigenvalue weighted by molar-refractivity contribution is 0.0918. The fourth-order valence-corrected chi connectivity index (χ4v) is 6.15. The van der Waals surface area contributed by atoms with Gasteiger partial charge in [0, 0.05) is 36.8 Å². The average molecular weight is 503 g/mol. The van der Waals surface area contributed by atoms with E-state index in [1.54, 1.807) is 6.07 Å². The molecule has 5 rings (SSSR count). The summed E-state index contributed by atoms with van der Waals surface area (Å²) in [6.45, 7) is 1.40. The van der Waals surface area contributed by atoms with Gasteiger partial charge in [-0.25, -0.2) is 21.5 Å². The van der Waals surface area contributed by atoms with Gasteiger partial charge in [-0.2, -0.15) is 0 Å². The molecular weight excluding hydrogens is 474 g/mol. The number of carbonyl (C=O) groups is 1. The molecule has 0 aliphatic carbocycles. The number of hydrogen-bond acceptors (Lipinski definition) is 4. The average Bonchev–Trinajstić information content (AvgIpc) is 3.48. The molecule has 2 aliphatic rings. The Morgan fingerprint density at radius 2 is 1.77 bits per heavy atom. The maximum atomic E-state index is 14.6. The van der Waals surface area contributed by atoms with Crippen molar-refractivity contribution in [2.75, 3.05) is 30.8 Å². The Kier molecular flexibility index (Phi) is 6.27. The van der Waals surface area contributed by atoms with Gasteiger partial charge in [0.15, 0.2) is 0 Å². The van der Waals surface area contributed by atoms with Crippen molar-refractivity contribution in [2.45, 2.75) is 37.8 Å². The summed E-state index contributed by atoms with van der Waals surface area (Å²) in [4.78, 5) is 15.3. The van der Waals surface area contributed by atoms with Crippen LogP contribution < -0.4 is 10.2 Å². The largest absolute Gasteiger partial charge is 0.351 e. The van der Waals surface area contributed by atoms with Crippen molar-refractivity contribution in [2.24, 2.45) is 0 Å². The van der Waals surface area contributed by atoms with Gasteiger partial charge in [-0.3, -0.25) is 9.20 Å². The predicted molar refractivity (Wildman–Crippen MR) is 130 cm³/mol. The summed E-state index contributed by atoms with van der Waals surface area (Å²) in [5.41, 5.74) is 1.59. The number of amides is 1. The van der Waals surface area contributed by atoms with Gasteiger partial charge >= 0.3 is 0 Å². The molecule has 10 heteroatoms. The number of halogens is 2. The summed E-state index contributed by atoms with van der Waals surface area (Å²) in [5.74, 6) is -0.422. The van der Waals surface area contributed by atoms with E-state index in [0.717, 1.165) is 29.9 Å². The SMILES string of the molecule is CS(=O)(=O)N1CCC(NC(=O)c2ccc3cccc(N4CCC[C@@H]4c4cc(F)ccc4F)n23)CC1. The molecule has 3 aromatic rings. The van der Waals surface area contributed by atoms with Crippen LogP contribution in [0.1, 0.15) is 47.8 Å². The standard InChI is InChI=1S/C25H28F2N4O3S/c1-35(33,34)29-14-11-18(12-15-29)28-25(32)23-10-8-19-4-2-6-24(31(19)23)30-13-3-5-22(30)20-16-17(26)7-9-21(20)27/h2,4,6-10,16,18,22H,3,5,11-15H2,1H3,(H,28,32)/t22-/m1/s1.